The van der Waals surface area contributed by atoms with E-state index in [-0.39, 0.29) is 18.3 Å². The molecule has 1 amide bonds. The molecule has 1 fully saturated rings. The maximum absolute atomic E-state index is 12.2. The van der Waals surface area contributed by atoms with Gasteiger partial charge in [0.1, 0.15) is 5.82 Å². The summed E-state index contributed by atoms with van der Waals surface area (Å²) in [6.07, 6.45) is 2.99. The van der Waals surface area contributed by atoms with E-state index in [1.807, 2.05) is 6.92 Å². The largest absolute Gasteiger partial charge is 0.481 e. The summed E-state index contributed by atoms with van der Waals surface area (Å²) in [5, 5.41) is 15.6. The number of likely N-dealkylation sites (tertiary alicyclic amines) is 1. The summed E-state index contributed by atoms with van der Waals surface area (Å²) < 4.78 is 0. The van der Waals surface area contributed by atoms with Crippen LogP contribution in [0.2, 0.25) is 0 Å². The number of aromatic nitrogens is 3. The number of rotatable bonds is 4. The van der Waals surface area contributed by atoms with Crippen LogP contribution in [0.25, 0.3) is 0 Å². The first-order chi connectivity index (χ1) is 9.11. The van der Waals surface area contributed by atoms with Crippen LogP contribution < -0.4 is 0 Å². The molecule has 0 saturated carbocycles. The second-order valence-electron chi connectivity index (χ2n) is 4.78. The Hall–Kier alpha value is -1.92. The zero-order valence-corrected chi connectivity index (χ0v) is 10.9. The van der Waals surface area contributed by atoms with E-state index >= 15 is 0 Å². The minimum Gasteiger partial charge on any atom is -0.481 e. The monoisotopic (exact) mass is 266 g/mol. The van der Waals surface area contributed by atoms with Crippen LogP contribution >= 0.6 is 0 Å². The highest BCUT2D eigenvalue weighted by Crippen LogP contribution is 2.18. The summed E-state index contributed by atoms with van der Waals surface area (Å²) in [5.41, 5.74) is 0. The fourth-order valence-corrected chi connectivity index (χ4v) is 2.24. The van der Waals surface area contributed by atoms with Crippen LogP contribution in [0.15, 0.2) is 0 Å². The molecular weight excluding hydrogens is 248 g/mol. The Kier molecular flexibility index (Phi) is 4.13. The van der Waals surface area contributed by atoms with E-state index < -0.39 is 11.9 Å². The number of carbonyl (C=O) groups is 2. The molecule has 7 heteroatoms. The van der Waals surface area contributed by atoms with E-state index in [2.05, 4.69) is 15.2 Å². The number of amides is 1. The van der Waals surface area contributed by atoms with Gasteiger partial charge in [0.15, 0.2) is 0 Å². The number of aliphatic carboxylic acids is 1. The highest BCUT2D eigenvalue weighted by molar-refractivity contribution is 5.90. The minimum atomic E-state index is -0.848. The Morgan fingerprint density at radius 2 is 2.32 bits per heavy atom. The van der Waals surface area contributed by atoms with Crippen molar-refractivity contribution in [2.24, 2.45) is 5.92 Å². The van der Waals surface area contributed by atoms with Gasteiger partial charge in [0, 0.05) is 19.5 Å². The number of carboxylic acid groups (broad SMARTS) is 1. The van der Waals surface area contributed by atoms with Gasteiger partial charge in [0.2, 0.25) is 5.82 Å². The fourth-order valence-electron chi connectivity index (χ4n) is 2.24. The van der Waals surface area contributed by atoms with E-state index in [1.165, 1.54) is 4.90 Å². The summed E-state index contributed by atoms with van der Waals surface area (Å²) in [4.78, 5) is 28.8. The third kappa shape index (κ3) is 3.10. The predicted molar refractivity (Wildman–Crippen MR) is 66.6 cm³/mol. The molecule has 0 aromatic carbocycles. The molecule has 7 nitrogen and oxygen atoms in total. The smallest absolute Gasteiger partial charge is 0.308 e. The van der Waals surface area contributed by atoms with Crippen molar-refractivity contribution in [1.29, 1.82) is 0 Å². The van der Waals surface area contributed by atoms with E-state index in [0.29, 0.717) is 25.2 Å². The van der Waals surface area contributed by atoms with E-state index in [0.717, 1.165) is 12.8 Å². The zero-order chi connectivity index (χ0) is 13.8. The van der Waals surface area contributed by atoms with E-state index in [1.54, 1.807) is 0 Å². The number of nitrogens with zero attached hydrogens (tertiary/aromatic N) is 3. The van der Waals surface area contributed by atoms with Crippen molar-refractivity contribution in [3.05, 3.63) is 11.6 Å². The Morgan fingerprint density at radius 1 is 1.53 bits per heavy atom. The molecule has 1 aliphatic heterocycles. The van der Waals surface area contributed by atoms with Gasteiger partial charge in [-0.1, -0.05) is 6.92 Å². The molecule has 1 aromatic rings. The molecule has 104 valence electrons. The normalized spacial score (nSPS) is 19.4. The molecule has 19 heavy (non-hydrogen) atoms. The minimum absolute atomic E-state index is 0.134. The Morgan fingerprint density at radius 3 is 3.00 bits per heavy atom. The van der Waals surface area contributed by atoms with Gasteiger partial charge in [-0.2, -0.15) is 0 Å². The first-order valence-electron chi connectivity index (χ1n) is 6.55. The second kappa shape index (κ2) is 5.81. The molecule has 2 heterocycles. The average Bonchev–Trinajstić information content (AvgIpc) is 2.87. The van der Waals surface area contributed by atoms with Gasteiger partial charge < -0.3 is 10.0 Å². The third-order valence-electron chi connectivity index (χ3n) is 3.27. The van der Waals surface area contributed by atoms with Gasteiger partial charge in [-0.05, 0) is 19.3 Å². The summed E-state index contributed by atoms with van der Waals surface area (Å²) >= 11 is 0. The lowest BCUT2D eigenvalue weighted by Gasteiger charge is -2.29. The standard InChI is InChI=1S/C12H18N4O3/c1-2-4-9-13-10(15-14-9)11(17)16-6-3-5-8(7-16)12(18)19/h8H,2-7H2,1H3,(H,18,19)(H,13,14,15)/t8-/m0/s1. The van der Waals surface area contributed by atoms with Gasteiger partial charge in [-0.25, -0.2) is 4.98 Å². The van der Waals surface area contributed by atoms with E-state index in [4.69, 9.17) is 5.11 Å². The molecule has 2 rings (SSSR count). The SMILES string of the molecule is CCCc1nc(C(=O)N2CCC[C@H](C(=O)O)C2)n[nH]1. The van der Waals surface area contributed by atoms with E-state index in [9.17, 15) is 9.59 Å². The first kappa shape index (κ1) is 13.5. The molecule has 0 bridgehead atoms. The maximum Gasteiger partial charge on any atom is 0.308 e. The van der Waals surface area contributed by atoms with Gasteiger partial charge in [0.25, 0.3) is 5.91 Å². The number of aromatic amines is 1. The number of carboxylic acids is 1. The van der Waals surface area contributed by atoms with Crippen LogP contribution in [0, 0.1) is 5.92 Å². The van der Waals surface area contributed by atoms with Crippen LogP contribution in [0.4, 0.5) is 0 Å². The lowest BCUT2D eigenvalue weighted by Crippen LogP contribution is -2.42. The average molecular weight is 266 g/mol. The van der Waals surface area contributed by atoms with Gasteiger partial charge >= 0.3 is 5.97 Å². The fraction of sp³-hybridized carbons (Fsp3) is 0.667. The highest BCUT2D eigenvalue weighted by Gasteiger charge is 2.30. The number of hydrogen-bond donors (Lipinski definition) is 2. The number of hydrogen-bond acceptors (Lipinski definition) is 4. The number of H-pyrrole nitrogens is 1. The molecule has 0 unspecified atom stereocenters. The highest BCUT2D eigenvalue weighted by atomic mass is 16.4. The number of nitrogens with one attached hydrogen (secondary N) is 1. The summed E-state index contributed by atoms with van der Waals surface area (Å²) in [7, 11) is 0. The molecular formula is C12H18N4O3. The van der Waals surface area contributed by atoms with Crippen molar-refractivity contribution < 1.29 is 14.7 Å². The Balaban J connectivity index is 2.03. The molecule has 1 saturated heterocycles. The Bertz CT molecular complexity index is 471. The van der Waals surface area contributed by atoms with Crippen LogP contribution in [0.3, 0.4) is 0 Å². The Labute approximate surface area is 111 Å². The van der Waals surface area contributed by atoms with Crippen LogP contribution in [-0.2, 0) is 11.2 Å². The van der Waals surface area contributed by atoms with Gasteiger partial charge in [-0.15, -0.1) is 5.10 Å². The van der Waals surface area contributed by atoms with Crippen LogP contribution in [-0.4, -0.2) is 50.2 Å². The molecule has 0 aliphatic carbocycles. The quantitative estimate of drug-likeness (QED) is 0.835. The lowest BCUT2D eigenvalue weighted by molar-refractivity contribution is -0.143. The molecule has 2 N–H and O–H groups in total. The molecule has 0 radical (unpaired) electrons. The topological polar surface area (TPSA) is 99.2 Å². The number of piperidine rings is 1. The first-order valence-corrected chi connectivity index (χ1v) is 6.55. The summed E-state index contributed by atoms with van der Waals surface area (Å²) in [6.45, 7) is 2.83. The molecule has 0 spiro atoms. The van der Waals surface area contributed by atoms with Gasteiger partial charge in [0.05, 0.1) is 5.92 Å². The van der Waals surface area contributed by atoms with Gasteiger partial charge in [-0.3, -0.25) is 14.7 Å². The maximum atomic E-state index is 12.2. The summed E-state index contributed by atoms with van der Waals surface area (Å²) in [5.74, 6) is -0.789. The number of carbonyl (C=O) groups excluding carboxylic acids is 1. The van der Waals surface area contributed by atoms with Crippen molar-refractivity contribution in [3.63, 3.8) is 0 Å². The van der Waals surface area contributed by atoms with Crippen molar-refractivity contribution in [3.8, 4) is 0 Å². The van der Waals surface area contributed by atoms with Crippen molar-refractivity contribution in [2.45, 2.75) is 32.6 Å². The molecule has 1 aliphatic rings. The lowest BCUT2D eigenvalue weighted by atomic mass is 9.98. The van der Waals surface area contributed by atoms with Crippen LogP contribution in [0.1, 0.15) is 42.6 Å². The zero-order valence-electron chi connectivity index (χ0n) is 10.9. The molecule has 1 aromatic heterocycles. The number of aryl methyl sites for hydroxylation is 1. The van der Waals surface area contributed by atoms with Crippen LogP contribution in [0.5, 0.6) is 0 Å². The van der Waals surface area contributed by atoms with Crippen molar-refractivity contribution in [2.75, 3.05) is 13.1 Å². The third-order valence-corrected chi connectivity index (χ3v) is 3.27. The molecule has 1 atom stereocenters. The summed E-state index contributed by atoms with van der Waals surface area (Å²) in [6, 6.07) is 0. The van der Waals surface area contributed by atoms with Crippen molar-refractivity contribution in [1.82, 2.24) is 20.1 Å². The second-order valence-corrected chi connectivity index (χ2v) is 4.78. The predicted octanol–water partition coefficient (Wildman–Crippen LogP) is 0.694. The van der Waals surface area contributed by atoms with Crippen molar-refractivity contribution >= 4 is 11.9 Å².